The summed E-state index contributed by atoms with van der Waals surface area (Å²) in [5, 5.41) is 14.2. The van der Waals surface area contributed by atoms with E-state index in [0.29, 0.717) is 6.42 Å². The fraction of sp³-hybridized carbons (Fsp3) is 0.0370. The molecule has 0 aliphatic carbocycles. The normalized spacial score (nSPS) is 11.2. The highest BCUT2D eigenvalue weighted by molar-refractivity contribution is 9.10. The van der Waals surface area contributed by atoms with Crippen molar-refractivity contribution in [3.63, 3.8) is 0 Å². The van der Waals surface area contributed by atoms with E-state index in [-0.39, 0.29) is 11.3 Å². The maximum absolute atomic E-state index is 14.0. The van der Waals surface area contributed by atoms with E-state index >= 15 is 0 Å². The number of rotatable bonds is 5. The number of nitrogens with zero attached hydrogens (tertiary/aromatic N) is 1. The Morgan fingerprint density at radius 3 is 2.44 bits per heavy atom. The molecule has 5 heteroatoms. The fourth-order valence-electron chi connectivity index (χ4n) is 3.56. The van der Waals surface area contributed by atoms with Gasteiger partial charge in [0, 0.05) is 4.47 Å². The molecule has 1 amide bonds. The molecule has 4 aromatic rings. The molecule has 0 aliphatic rings. The number of halogens is 2. The highest BCUT2D eigenvalue weighted by Crippen LogP contribution is 2.29. The van der Waals surface area contributed by atoms with Crippen molar-refractivity contribution in [2.24, 2.45) is 0 Å². The second kappa shape index (κ2) is 9.59. The number of benzene rings is 4. The van der Waals surface area contributed by atoms with Crippen molar-refractivity contribution in [2.45, 2.75) is 6.42 Å². The zero-order chi connectivity index (χ0) is 22.5. The second-order valence-corrected chi connectivity index (χ2v) is 8.09. The second-order valence-electron chi connectivity index (χ2n) is 7.23. The molecule has 1 N–H and O–H groups in total. The predicted octanol–water partition coefficient (Wildman–Crippen LogP) is 6.88. The molecule has 0 aromatic heterocycles. The standard InChI is InChI=1S/C27H18BrFN2O/c28-24-10-4-2-8-20(24)15-19-14-13-18-7-1-3-9-22(18)23(19)16-21(17-30)27(32)31-26-12-6-5-11-25(26)29/h1-14,16H,15H2,(H,31,32)/b21-16+. The Morgan fingerprint density at radius 2 is 1.66 bits per heavy atom. The van der Waals surface area contributed by atoms with Crippen molar-refractivity contribution in [1.29, 1.82) is 5.26 Å². The molecule has 0 saturated heterocycles. The first-order chi connectivity index (χ1) is 15.6. The van der Waals surface area contributed by atoms with Gasteiger partial charge in [0.1, 0.15) is 17.5 Å². The minimum absolute atomic E-state index is 0.0324. The Morgan fingerprint density at radius 1 is 0.938 bits per heavy atom. The maximum Gasteiger partial charge on any atom is 0.266 e. The Hall–Kier alpha value is -3.75. The third kappa shape index (κ3) is 4.61. The molecule has 0 saturated carbocycles. The SMILES string of the molecule is N#C/C(=C\c1c(Cc2ccccc2Br)ccc2ccccc12)C(=O)Nc1ccccc1F. The largest absolute Gasteiger partial charge is 0.319 e. The van der Waals surface area contributed by atoms with Crippen LogP contribution in [0, 0.1) is 17.1 Å². The van der Waals surface area contributed by atoms with E-state index in [0.717, 1.165) is 31.9 Å². The number of para-hydroxylation sites is 1. The number of hydrogen-bond donors (Lipinski definition) is 1. The van der Waals surface area contributed by atoms with Crippen molar-refractivity contribution >= 4 is 44.4 Å². The van der Waals surface area contributed by atoms with Gasteiger partial charge >= 0.3 is 0 Å². The Balaban J connectivity index is 1.79. The molecule has 0 aliphatic heterocycles. The molecule has 156 valence electrons. The number of amides is 1. The third-order valence-electron chi connectivity index (χ3n) is 5.18. The summed E-state index contributed by atoms with van der Waals surface area (Å²) < 4.78 is 15.0. The van der Waals surface area contributed by atoms with Crippen LogP contribution in [0.15, 0.2) is 95.0 Å². The third-order valence-corrected chi connectivity index (χ3v) is 5.95. The smallest absolute Gasteiger partial charge is 0.266 e. The van der Waals surface area contributed by atoms with Crippen LogP contribution in [-0.2, 0) is 11.2 Å². The van der Waals surface area contributed by atoms with Gasteiger partial charge in [0.15, 0.2) is 0 Å². The first-order valence-electron chi connectivity index (χ1n) is 9.98. The van der Waals surface area contributed by atoms with Gasteiger partial charge in [0.05, 0.1) is 5.69 Å². The zero-order valence-corrected chi connectivity index (χ0v) is 18.6. The van der Waals surface area contributed by atoms with Crippen molar-refractivity contribution in [2.75, 3.05) is 5.32 Å². The minimum Gasteiger partial charge on any atom is -0.319 e. The van der Waals surface area contributed by atoms with E-state index in [4.69, 9.17) is 0 Å². The number of hydrogen-bond acceptors (Lipinski definition) is 2. The van der Waals surface area contributed by atoms with Gasteiger partial charge in [-0.25, -0.2) is 4.39 Å². The van der Waals surface area contributed by atoms with Crippen molar-refractivity contribution in [3.05, 3.63) is 117 Å². The number of carbonyl (C=O) groups is 1. The summed E-state index contributed by atoms with van der Waals surface area (Å²) in [5.74, 6) is -1.21. The molecular formula is C27H18BrFN2O. The average Bonchev–Trinajstić information content (AvgIpc) is 2.81. The van der Waals surface area contributed by atoms with Crippen LogP contribution in [0.1, 0.15) is 16.7 Å². The van der Waals surface area contributed by atoms with Gasteiger partial charge in [-0.2, -0.15) is 5.26 Å². The van der Waals surface area contributed by atoms with Gasteiger partial charge in [-0.3, -0.25) is 4.79 Å². The number of carbonyl (C=O) groups excluding carboxylic acids is 1. The molecule has 0 fully saturated rings. The first kappa shape index (κ1) is 21.5. The summed E-state index contributed by atoms with van der Waals surface area (Å²) in [5.41, 5.74) is 2.79. The van der Waals surface area contributed by atoms with E-state index in [9.17, 15) is 14.4 Å². The van der Waals surface area contributed by atoms with E-state index in [1.807, 2.05) is 66.7 Å². The van der Waals surface area contributed by atoms with Crippen LogP contribution in [-0.4, -0.2) is 5.91 Å². The summed E-state index contributed by atoms with van der Waals surface area (Å²) in [4.78, 5) is 12.8. The van der Waals surface area contributed by atoms with Crippen LogP contribution >= 0.6 is 15.9 Å². The molecule has 0 atom stereocenters. The first-order valence-corrected chi connectivity index (χ1v) is 10.8. The van der Waals surface area contributed by atoms with Gasteiger partial charge in [-0.05, 0) is 58.2 Å². The summed E-state index contributed by atoms with van der Waals surface area (Å²) in [6.45, 7) is 0. The molecular weight excluding hydrogens is 467 g/mol. The average molecular weight is 485 g/mol. The Kier molecular flexibility index (Phi) is 6.44. The van der Waals surface area contributed by atoms with Gasteiger partial charge in [0.2, 0.25) is 0 Å². The lowest BCUT2D eigenvalue weighted by atomic mass is 9.93. The lowest BCUT2D eigenvalue weighted by Gasteiger charge is -2.12. The zero-order valence-electron chi connectivity index (χ0n) is 17.0. The van der Waals surface area contributed by atoms with Crippen molar-refractivity contribution in [3.8, 4) is 6.07 Å². The quantitative estimate of drug-likeness (QED) is 0.248. The van der Waals surface area contributed by atoms with Crippen molar-refractivity contribution < 1.29 is 9.18 Å². The number of nitrogens with one attached hydrogen (secondary N) is 1. The van der Waals surface area contributed by atoms with Crippen LogP contribution in [0.4, 0.5) is 10.1 Å². The van der Waals surface area contributed by atoms with E-state index in [1.54, 1.807) is 12.1 Å². The Labute approximate surface area is 193 Å². The lowest BCUT2D eigenvalue weighted by Crippen LogP contribution is -2.14. The molecule has 32 heavy (non-hydrogen) atoms. The molecule has 4 rings (SSSR count). The van der Waals surface area contributed by atoms with E-state index < -0.39 is 11.7 Å². The van der Waals surface area contributed by atoms with Gasteiger partial charge in [-0.15, -0.1) is 0 Å². The van der Waals surface area contributed by atoms with Crippen LogP contribution in [0.3, 0.4) is 0 Å². The maximum atomic E-state index is 14.0. The molecule has 0 unspecified atom stereocenters. The predicted molar refractivity (Wildman–Crippen MR) is 130 cm³/mol. The summed E-state index contributed by atoms with van der Waals surface area (Å²) >= 11 is 3.59. The molecule has 0 radical (unpaired) electrons. The van der Waals surface area contributed by atoms with Crippen LogP contribution < -0.4 is 5.32 Å². The van der Waals surface area contributed by atoms with E-state index in [2.05, 4.69) is 21.2 Å². The van der Waals surface area contributed by atoms with Crippen LogP contribution in [0.2, 0.25) is 0 Å². The van der Waals surface area contributed by atoms with E-state index in [1.165, 1.54) is 18.2 Å². The van der Waals surface area contributed by atoms with Gasteiger partial charge < -0.3 is 5.32 Å². The fourth-order valence-corrected chi connectivity index (χ4v) is 3.98. The Bertz CT molecular complexity index is 1390. The molecule has 0 spiro atoms. The number of fused-ring (bicyclic) bond motifs is 1. The monoisotopic (exact) mass is 484 g/mol. The van der Waals surface area contributed by atoms with Crippen molar-refractivity contribution in [1.82, 2.24) is 0 Å². The summed E-state index contributed by atoms with van der Waals surface area (Å²) in [7, 11) is 0. The highest BCUT2D eigenvalue weighted by Gasteiger charge is 2.15. The molecule has 3 nitrogen and oxygen atoms in total. The lowest BCUT2D eigenvalue weighted by molar-refractivity contribution is -0.112. The van der Waals surface area contributed by atoms with Gasteiger partial charge in [-0.1, -0.05) is 82.7 Å². The van der Waals surface area contributed by atoms with Gasteiger partial charge in [0.25, 0.3) is 5.91 Å². The molecule has 4 aromatic carbocycles. The summed E-state index contributed by atoms with van der Waals surface area (Å²) in [6.07, 6.45) is 2.20. The van der Waals surface area contributed by atoms with Crippen LogP contribution in [0.5, 0.6) is 0 Å². The molecule has 0 heterocycles. The van der Waals surface area contributed by atoms with Crippen LogP contribution in [0.25, 0.3) is 16.8 Å². The molecule has 0 bridgehead atoms. The topological polar surface area (TPSA) is 52.9 Å². The number of anilines is 1. The minimum atomic E-state index is -0.655. The summed E-state index contributed by atoms with van der Waals surface area (Å²) in [6, 6.07) is 27.6. The highest BCUT2D eigenvalue weighted by atomic mass is 79.9. The number of nitriles is 1.